The van der Waals surface area contributed by atoms with Crippen molar-refractivity contribution in [3.05, 3.63) is 22.2 Å². The number of nitrogens with zero attached hydrogens (tertiary/aromatic N) is 1. The SMILES string of the molecule is Nc1cc([N+](=O)[O-])cc(S(=O)(=O)[O-])c1O.[Na+]. The average Bonchev–Trinajstić information content (AvgIpc) is 2.06. The van der Waals surface area contributed by atoms with Crippen LogP contribution in [0.15, 0.2) is 17.0 Å². The first-order chi connectivity index (χ1) is 6.73. The largest absolute Gasteiger partial charge is 1.00 e. The molecule has 1 aromatic rings. The standard InChI is InChI=1S/C6H6N2O6S.Na/c7-4-1-3(8(10)11)2-5(6(4)9)15(12,13)14;/h1-2,9H,7H2,(H,12,13,14);/q;+1/p-1. The van der Waals surface area contributed by atoms with Crippen LogP contribution in [0.3, 0.4) is 0 Å². The summed E-state index contributed by atoms with van der Waals surface area (Å²) in [7, 11) is -5.00. The third-order valence-corrected chi connectivity index (χ3v) is 2.42. The molecule has 3 N–H and O–H groups in total. The van der Waals surface area contributed by atoms with Crippen LogP contribution in [0.1, 0.15) is 0 Å². The van der Waals surface area contributed by atoms with E-state index in [-0.39, 0.29) is 29.6 Å². The monoisotopic (exact) mass is 256 g/mol. The van der Waals surface area contributed by atoms with Gasteiger partial charge in [0.15, 0.2) is 5.75 Å². The van der Waals surface area contributed by atoms with E-state index in [9.17, 15) is 23.1 Å². The number of nitrogens with two attached hydrogens (primary N) is 1. The minimum atomic E-state index is -5.00. The van der Waals surface area contributed by atoms with Gasteiger partial charge in [0.05, 0.1) is 10.6 Å². The Morgan fingerprint density at radius 3 is 2.25 bits per heavy atom. The summed E-state index contributed by atoms with van der Waals surface area (Å²) in [6.07, 6.45) is 0. The van der Waals surface area contributed by atoms with Crippen LogP contribution in [-0.2, 0) is 10.1 Å². The van der Waals surface area contributed by atoms with Gasteiger partial charge in [0.1, 0.15) is 15.0 Å². The maximum absolute atomic E-state index is 10.6. The Kier molecular flexibility index (Phi) is 4.70. The van der Waals surface area contributed by atoms with Gasteiger partial charge in [0, 0.05) is 12.1 Å². The second-order valence-electron chi connectivity index (χ2n) is 2.59. The van der Waals surface area contributed by atoms with Gasteiger partial charge >= 0.3 is 29.6 Å². The molecule has 1 aromatic carbocycles. The van der Waals surface area contributed by atoms with Crippen LogP contribution in [0.2, 0.25) is 0 Å². The van der Waals surface area contributed by atoms with Crippen LogP contribution in [0, 0.1) is 10.1 Å². The number of hydrogen-bond donors (Lipinski definition) is 2. The fourth-order valence-electron chi connectivity index (χ4n) is 0.910. The molecule has 0 fully saturated rings. The fourth-order valence-corrected chi connectivity index (χ4v) is 1.53. The van der Waals surface area contributed by atoms with Crippen LogP contribution < -0.4 is 35.3 Å². The predicted octanol–water partition coefficient (Wildman–Crippen LogP) is -3.21. The molecule has 0 amide bonds. The molecule has 8 nitrogen and oxygen atoms in total. The van der Waals surface area contributed by atoms with Crippen molar-refractivity contribution in [2.24, 2.45) is 0 Å². The van der Waals surface area contributed by atoms with E-state index in [1.54, 1.807) is 0 Å². The number of rotatable bonds is 2. The Labute approximate surface area is 112 Å². The van der Waals surface area contributed by atoms with Crippen molar-refractivity contribution in [1.29, 1.82) is 0 Å². The number of non-ortho nitro benzene ring substituents is 1. The third-order valence-electron chi connectivity index (χ3n) is 1.57. The fraction of sp³-hybridized carbons (Fsp3) is 0. The Balaban J connectivity index is 0.00000225. The van der Waals surface area contributed by atoms with Crippen molar-refractivity contribution in [3.8, 4) is 5.75 Å². The molecule has 82 valence electrons. The quantitative estimate of drug-likeness (QED) is 0.141. The summed E-state index contributed by atoms with van der Waals surface area (Å²) < 4.78 is 31.8. The number of hydrogen-bond acceptors (Lipinski definition) is 7. The zero-order valence-corrected chi connectivity index (χ0v) is 10.9. The molecule has 0 aliphatic heterocycles. The van der Waals surface area contributed by atoms with Gasteiger partial charge in [-0.25, -0.2) is 8.42 Å². The summed E-state index contributed by atoms with van der Waals surface area (Å²) in [4.78, 5) is 8.29. The number of phenolic OH excluding ortho intramolecular Hbond substituents is 1. The molecule has 0 saturated carbocycles. The molecule has 0 aliphatic carbocycles. The molecule has 16 heavy (non-hydrogen) atoms. The molecule has 0 atom stereocenters. The van der Waals surface area contributed by atoms with Gasteiger partial charge in [-0.05, 0) is 0 Å². The van der Waals surface area contributed by atoms with Crippen molar-refractivity contribution in [2.75, 3.05) is 5.73 Å². The van der Waals surface area contributed by atoms with Crippen LogP contribution >= 0.6 is 0 Å². The van der Waals surface area contributed by atoms with Crippen LogP contribution in [0.5, 0.6) is 5.75 Å². The van der Waals surface area contributed by atoms with Crippen molar-refractivity contribution in [1.82, 2.24) is 0 Å². The maximum atomic E-state index is 10.6. The van der Waals surface area contributed by atoms with Gasteiger partial charge < -0.3 is 15.4 Å². The third kappa shape index (κ3) is 3.06. The molecule has 0 heterocycles. The molecule has 1 rings (SSSR count). The summed E-state index contributed by atoms with van der Waals surface area (Å²) in [6, 6.07) is 1.21. The van der Waals surface area contributed by atoms with Gasteiger partial charge in [-0.3, -0.25) is 10.1 Å². The number of benzene rings is 1. The number of phenols is 1. The summed E-state index contributed by atoms with van der Waals surface area (Å²) in [5.41, 5.74) is 3.87. The van der Waals surface area contributed by atoms with Gasteiger partial charge in [0.2, 0.25) is 0 Å². The Morgan fingerprint density at radius 2 is 1.88 bits per heavy atom. The maximum Gasteiger partial charge on any atom is 1.00 e. The zero-order chi connectivity index (χ0) is 11.8. The zero-order valence-electron chi connectivity index (χ0n) is 8.08. The molecule has 10 heteroatoms. The van der Waals surface area contributed by atoms with E-state index in [1.807, 2.05) is 0 Å². The molecule has 0 aromatic heterocycles. The first-order valence-electron chi connectivity index (χ1n) is 3.46. The molecule has 0 radical (unpaired) electrons. The van der Waals surface area contributed by atoms with E-state index in [1.165, 1.54) is 0 Å². The number of aromatic hydroxyl groups is 1. The number of nitrogen functional groups attached to an aromatic ring is 1. The molecule has 0 spiro atoms. The number of nitro groups is 1. The minimum Gasteiger partial charge on any atom is -0.744 e. The first kappa shape index (κ1) is 15.1. The summed E-state index contributed by atoms with van der Waals surface area (Å²) in [6.45, 7) is 0. The summed E-state index contributed by atoms with van der Waals surface area (Å²) in [5.74, 6) is -0.976. The van der Waals surface area contributed by atoms with Crippen molar-refractivity contribution < 1.29 is 52.6 Å². The van der Waals surface area contributed by atoms with Crippen molar-refractivity contribution >= 4 is 21.5 Å². The molecule has 0 bridgehead atoms. The second-order valence-corrected chi connectivity index (χ2v) is 3.94. The van der Waals surface area contributed by atoms with Crippen molar-refractivity contribution in [3.63, 3.8) is 0 Å². The number of anilines is 1. The van der Waals surface area contributed by atoms with Crippen LogP contribution in [-0.4, -0.2) is 23.0 Å². The average molecular weight is 256 g/mol. The Morgan fingerprint density at radius 1 is 1.38 bits per heavy atom. The smallest absolute Gasteiger partial charge is 0.744 e. The van der Waals surface area contributed by atoms with Gasteiger partial charge in [-0.15, -0.1) is 0 Å². The van der Waals surface area contributed by atoms with E-state index in [2.05, 4.69) is 0 Å². The van der Waals surface area contributed by atoms with E-state index in [0.29, 0.717) is 6.07 Å². The molecule has 0 saturated heterocycles. The van der Waals surface area contributed by atoms with E-state index in [4.69, 9.17) is 10.8 Å². The topological polar surface area (TPSA) is 147 Å². The van der Waals surface area contributed by atoms with E-state index < -0.39 is 37.1 Å². The summed E-state index contributed by atoms with van der Waals surface area (Å²) >= 11 is 0. The molecule has 0 unspecified atom stereocenters. The van der Waals surface area contributed by atoms with E-state index in [0.717, 1.165) is 6.07 Å². The van der Waals surface area contributed by atoms with Crippen LogP contribution in [0.25, 0.3) is 0 Å². The second kappa shape index (κ2) is 4.97. The molecular formula is C6H5N2NaO6S. The summed E-state index contributed by atoms with van der Waals surface area (Å²) in [5, 5.41) is 19.4. The van der Waals surface area contributed by atoms with Gasteiger partial charge in [-0.2, -0.15) is 0 Å². The van der Waals surface area contributed by atoms with Crippen molar-refractivity contribution in [2.45, 2.75) is 4.90 Å². The molecular weight excluding hydrogens is 251 g/mol. The van der Waals surface area contributed by atoms with Gasteiger partial charge in [-0.1, -0.05) is 0 Å². The van der Waals surface area contributed by atoms with E-state index >= 15 is 0 Å². The van der Waals surface area contributed by atoms with Gasteiger partial charge in [0.25, 0.3) is 5.69 Å². The van der Waals surface area contributed by atoms with Crippen LogP contribution in [0.4, 0.5) is 11.4 Å². The minimum absolute atomic E-state index is 0. The normalized spacial score (nSPS) is 10.6. The molecule has 0 aliphatic rings. The number of nitro benzene ring substituents is 1. The predicted molar refractivity (Wildman–Crippen MR) is 47.1 cm³/mol. The Bertz CT molecular complexity index is 528. The Hall–Kier alpha value is -0.870. The first-order valence-corrected chi connectivity index (χ1v) is 4.87.